The Morgan fingerprint density at radius 3 is 2.71 bits per heavy atom. The second-order valence-electron chi connectivity index (χ2n) is 4.04. The first-order chi connectivity index (χ1) is 9.91. The van der Waals surface area contributed by atoms with Gasteiger partial charge in [-0.2, -0.15) is 18.2 Å². The fourth-order valence-electron chi connectivity index (χ4n) is 1.61. The van der Waals surface area contributed by atoms with Crippen LogP contribution < -0.4 is 4.74 Å². The molecule has 112 valence electrons. The molecule has 21 heavy (non-hydrogen) atoms. The van der Waals surface area contributed by atoms with Gasteiger partial charge in [-0.15, -0.1) is 0 Å². The number of rotatable bonds is 5. The number of hydrogen-bond acceptors (Lipinski definition) is 5. The van der Waals surface area contributed by atoms with Gasteiger partial charge < -0.3 is 9.26 Å². The van der Waals surface area contributed by atoms with E-state index < -0.39 is 24.3 Å². The van der Waals surface area contributed by atoms with Gasteiger partial charge in [0.1, 0.15) is 5.75 Å². The summed E-state index contributed by atoms with van der Waals surface area (Å²) in [4.78, 5) is 14.7. The van der Waals surface area contributed by atoms with E-state index in [1.165, 1.54) is 0 Å². The van der Waals surface area contributed by atoms with Crippen molar-refractivity contribution in [2.75, 3.05) is 6.61 Å². The lowest BCUT2D eigenvalue weighted by molar-refractivity contribution is -0.170. The summed E-state index contributed by atoms with van der Waals surface area (Å²) in [7, 11) is 0. The second-order valence-corrected chi connectivity index (χ2v) is 4.04. The van der Waals surface area contributed by atoms with E-state index in [1.807, 2.05) is 0 Å². The summed E-state index contributed by atoms with van der Waals surface area (Å²) in [5.41, 5.74) is 0.480. The molecule has 2 aromatic rings. The highest BCUT2D eigenvalue weighted by atomic mass is 19.4. The Hall–Kier alpha value is -2.38. The van der Waals surface area contributed by atoms with Crippen molar-refractivity contribution in [3.05, 3.63) is 30.2 Å². The molecule has 0 N–H and O–H groups in total. The summed E-state index contributed by atoms with van der Waals surface area (Å²) >= 11 is 0. The number of aromatic nitrogens is 2. The number of ether oxygens (including phenoxy) is 1. The minimum absolute atomic E-state index is 0.0732. The third-order valence-corrected chi connectivity index (χ3v) is 2.52. The van der Waals surface area contributed by atoms with Crippen molar-refractivity contribution < 1.29 is 27.2 Å². The predicted molar refractivity (Wildman–Crippen MR) is 65.7 cm³/mol. The number of carbonyl (C=O) groups is 1. The van der Waals surface area contributed by atoms with Crippen LogP contribution in [-0.4, -0.2) is 28.7 Å². The molecule has 0 aliphatic carbocycles. The average molecular weight is 300 g/mol. The predicted octanol–water partition coefficient (Wildman–Crippen LogP) is 2.81. The highest BCUT2D eigenvalue weighted by Gasteiger charge is 2.39. The number of halogens is 3. The largest absolute Gasteiger partial charge is 0.493 e. The lowest BCUT2D eigenvalue weighted by Gasteiger charge is -2.06. The summed E-state index contributed by atoms with van der Waals surface area (Å²) in [5.74, 6) is -1.77. The smallest absolute Gasteiger partial charge is 0.450 e. The minimum atomic E-state index is -4.92. The first kappa shape index (κ1) is 15.0. The van der Waals surface area contributed by atoms with Gasteiger partial charge in [0.05, 0.1) is 18.6 Å². The molecule has 1 aromatic heterocycles. The van der Waals surface area contributed by atoms with E-state index in [0.717, 1.165) is 0 Å². The molecule has 0 saturated heterocycles. The summed E-state index contributed by atoms with van der Waals surface area (Å²) in [6.45, 7) is 2.20. The zero-order valence-corrected chi connectivity index (χ0v) is 11.0. The molecule has 2 rings (SSSR count). The fraction of sp³-hybridized carbons (Fsp3) is 0.308. The number of hydrogen-bond donors (Lipinski definition) is 0. The molecular formula is C13H11F3N2O3. The number of Topliss-reactive ketones (excluding diaryl/α,β-unsaturated/α-hetero) is 1. The van der Waals surface area contributed by atoms with Crippen LogP contribution in [0.25, 0.3) is 11.4 Å². The van der Waals surface area contributed by atoms with E-state index in [-0.39, 0.29) is 5.82 Å². The van der Waals surface area contributed by atoms with Crippen LogP contribution in [0.1, 0.15) is 12.8 Å². The highest BCUT2D eigenvalue weighted by molar-refractivity contribution is 5.85. The van der Waals surface area contributed by atoms with Crippen molar-refractivity contribution in [2.45, 2.75) is 19.5 Å². The third-order valence-electron chi connectivity index (χ3n) is 2.52. The molecule has 0 aliphatic heterocycles. The maximum atomic E-state index is 12.2. The molecule has 1 heterocycles. The quantitative estimate of drug-likeness (QED) is 0.849. The van der Waals surface area contributed by atoms with Gasteiger partial charge in [0.25, 0.3) is 0 Å². The second kappa shape index (κ2) is 5.94. The normalized spacial score (nSPS) is 11.4. The van der Waals surface area contributed by atoms with E-state index in [1.54, 1.807) is 31.2 Å². The van der Waals surface area contributed by atoms with Crippen LogP contribution in [0.15, 0.2) is 28.8 Å². The molecule has 0 amide bonds. The highest BCUT2D eigenvalue weighted by Crippen LogP contribution is 2.28. The zero-order chi connectivity index (χ0) is 15.5. The van der Waals surface area contributed by atoms with Crippen molar-refractivity contribution in [1.82, 2.24) is 10.1 Å². The van der Waals surface area contributed by atoms with E-state index in [4.69, 9.17) is 4.74 Å². The maximum absolute atomic E-state index is 12.2. The van der Waals surface area contributed by atoms with Crippen LogP contribution in [0.2, 0.25) is 0 Å². The van der Waals surface area contributed by atoms with Crippen LogP contribution in [0.3, 0.4) is 0 Å². The van der Waals surface area contributed by atoms with Crippen LogP contribution in [0.5, 0.6) is 5.75 Å². The van der Waals surface area contributed by atoms with E-state index in [2.05, 4.69) is 14.7 Å². The Morgan fingerprint density at radius 1 is 1.33 bits per heavy atom. The molecule has 1 aromatic carbocycles. The fourth-order valence-corrected chi connectivity index (χ4v) is 1.61. The molecular weight excluding hydrogens is 289 g/mol. The zero-order valence-electron chi connectivity index (χ0n) is 11.0. The SMILES string of the molecule is CCOc1ccccc1-c1noc(CC(=O)C(F)(F)F)n1. The van der Waals surface area contributed by atoms with Crippen molar-refractivity contribution in [3.8, 4) is 17.1 Å². The van der Waals surface area contributed by atoms with Crippen molar-refractivity contribution in [3.63, 3.8) is 0 Å². The first-order valence-corrected chi connectivity index (χ1v) is 6.06. The van der Waals surface area contributed by atoms with E-state index >= 15 is 0 Å². The van der Waals surface area contributed by atoms with Gasteiger partial charge in [0, 0.05) is 0 Å². The Bertz CT molecular complexity index is 638. The molecule has 0 fully saturated rings. The number of benzene rings is 1. The first-order valence-electron chi connectivity index (χ1n) is 6.06. The Labute approximate surface area is 117 Å². The molecule has 5 nitrogen and oxygen atoms in total. The topological polar surface area (TPSA) is 65.2 Å². The monoisotopic (exact) mass is 300 g/mol. The number of alkyl halides is 3. The number of nitrogens with zero attached hydrogens (tertiary/aromatic N) is 2. The van der Waals surface area contributed by atoms with Crippen molar-refractivity contribution in [2.24, 2.45) is 0 Å². The number of para-hydroxylation sites is 1. The molecule has 0 radical (unpaired) electrons. The van der Waals surface area contributed by atoms with Crippen molar-refractivity contribution >= 4 is 5.78 Å². The van der Waals surface area contributed by atoms with Gasteiger partial charge in [0.15, 0.2) is 0 Å². The van der Waals surface area contributed by atoms with Crippen LogP contribution in [-0.2, 0) is 11.2 Å². The van der Waals surface area contributed by atoms with Crippen LogP contribution in [0, 0.1) is 0 Å². The minimum Gasteiger partial charge on any atom is -0.493 e. The summed E-state index contributed by atoms with van der Waals surface area (Å²) in [5, 5.41) is 3.58. The molecule has 0 spiro atoms. The lowest BCUT2D eigenvalue weighted by atomic mass is 10.2. The molecule has 0 atom stereocenters. The van der Waals surface area contributed by atoms with Crippen molar-refractivity contribution in [1.29, 1.82) is 0 Å². The van der Waals surface area contributed by atoms with Gasteiger partial charge in [-0.05, 0) is 19.1 Å². The van der Waals surface area contributed by atoms with Crippen LogP contribution >= 0.6 is 0 Å². The Morgan fingerprint density at radius 2 is 2.05 bits per heavy atom. The van der Waals surface area contributed by atoms with Gasteiger partial charge in [-0.3, -0.25) is 4.79 Å². The summed E-state index contributed by atoms with van der Waals surface area (Å²) in [6.07, 6.45) is -5.90. The Balaban J connectivity index is 2.23. The number of ketones is 1. The average Bonchev–Trinajstić information content (AvgIpc) is 2.87. The van der Waals surface area contributed by atoms with Gasteiger partial charge in [0.2, 0.25) is 17.5 Å². The molecule has 0 unspecified atom stereocenters. The summed E-state index contributed by atoms with van der Waals surface area (Å²) in [6, 6.07) is 6.76. The Kier molecular flexibility index (Phi) is 4.25. The third kappa shape index (κ3) is 3.59. The lowest BCUT2D eigenvalue weighted by Crippen LogP contribution is -2.24. The standard InChI is InChI=1S/C13H11F3N2O3/c1-2-20-9-6-4-3-5-8(9)12-17-11(21-18-12)7-10(19)13(14,15)16/h3-6H,2,7H2,1H3. The molecule has 0 saturated carbocycles. The van der Waals surface area contributed by atoms with Gasteiger partial charge in [-0.1, -0.05) is 17.3 Å². The summed E-state index contributed by atoms with van der Waals surface area (Å²) < 4.78 is 46.6. The molecule has 0 bridgehead atoms. The molecule has 8 heteroatoms. The molecule has 0 aliphatic rings. The maximum Gasteiger partial charge on any atom is 0.450 e. The number of carbonyl (C=O) groups excluding carboxylic acids is 1. The van der Waals surface area contributed by atoms with Crippen LogP contribution in [0.4, 0.5) is 13.2 Å². The van der Waals surface area contributed by atoms with E-state index in [9.17, 15) is 18.0 Å². The van der Waals surface area contributed by atoms with Gasteiger partial charge in [-0.25, -0.2) is 0 Å². The van der Waals surface area contributed by atoms with E-state index in [0.29, 0.717) is 17.9 Å². The van der Waals surface area contributed by atoms with Gasteiger partial charge >= 0.3 is 6.18 Å².